The Bertz CT molecular complexity index is 601. The first-order valence-corrected chi connectivity index (χ1v) is 7.51. The molecule has 0 spiro atoms. The summed E-state index contributed by atoms with van der Waals surface area (Å²) in [7, 11) is 1.44. The maximum atomic E-state index is 14.2. The lowest BCUT2D eigenvalue weighted by atomic mass is 10.0. The largest absolute Gasteiger partial charge is 0.495 e. The molecule has 1 aromatic rings. The number of fused-ring (bicyclic) bond motifs is 1. The Labute approximate surface area is 132 Å². The topological polar surface area (TPSA) is 32.8 Å². The Hall–Kier alpha value is -1.40. The number of benzene rings is 1. The van der Waals surface area contributed by atoms with E-state index in [-0.39, 0.29) is 22.7 Å². The molecule has 7 heteroatoms. The highest BCUT2D eigenvalue weighted by Crippen LogP contribution is 2.36. The number of carbonyl (C=O) groups is 1. The molecule has 0 saturated carbocycles. The number of halogens is 2. The van der Waals surface area contributed by atoms with Crippen LogP contribution in [0.5, 0.6) is 5.75 Å². The molecular formula is C14H14ClFN2O2S. The van der Waals surface area contributed by atoms with Gasteiger partial charge in [0.05, 0.1) is 17.8 Å². The van der Waals surface area contributed by atoms with E-state index < -0.39 is 5.82 Å². The third-order valence-corrected chi connectivity index (χ3v) is 4.62. The highest BCUT2D eigenvalue weighted by atomic mass is 35.5. The average molecular weight is 329 g/mol. The van der Waals surface area contributed by atoms with E-state index in [1.165, 1.54) is 18.1 Å². The predicted octanol–water partition coefficient (Wildman–Crippen LogP) is 2.97. The van der Waals surface area contributed by atoms with Crippen molar-refractivity contribution >= 4 is 40.5 Å². The maximum absolute atomic E-state index is 14.2. The summed E-state index contributed by atoms with van der Waals surface area (Å²) in [5.41, 5.74) is 0.0978. The van der Waals surface area contributed by atoms with Crippen LogP contribution in [0.1, 0.15) is 19.3 Å². The molecule has 1 amide bonds. The number of anilines is 1. The van der Waals surface area contributed by atoms with Gasteiger partial charge in [-0.25, -0.2) is 4.39 Å². The zero-order chi connectivity index (χ0) is 15.1. The summed E-state index contributed by atoms with van der Waals surface area (Å²) in [5.74, 6) is -0.451. The fourth-order valence-electron chi connectivity index (χ4n) is 2.86. The second-order valence-electron chi connectivity index (χ2n) is 5.10. The predicted molar refractivity (Wildman–Crippen MR) is 82.4 cm³/mol. The molecule has 0 aromatic heterocycles. The Morgan fingerprint density at radius 1 is 1.43 bits per heavy atom. The van der Waals surface area contributed by atoms with Gasteiger partial charge in [-0.1, -0.05) is 11.6 Å². The lowest BCUT2D eigenvalue weighted by Gasteiger charge is -2.27. The van der Waals surface area contributed by atoms with Gasteiger partial charge in [-0.3, -0.25) is 9.69 Å². The van der Waals surface area contributed by atoms with Crippen LogP contribution in [0.2, 0.25) is 5.02 Å². The van der Waals surface area contributed by atoms with Crippen LogP contribution >= 0.6 is 23.8 Å². The first-order valence-electron chi connectivity index (χ1n) is 6.72. The normalized spacial score (nSPS) is 21.8. The molecule has 112 valence electrons. The average Bonchev–Trinajstić information content (AvgIpc) is 2.72. The molecule has 0 N–H and O–H groups in total. The fourth-order valence-corrected chi connectivity index (χ4v) is 3.49. The smallest absolute Gasteiger partial charge is 0.256 e. The van der Waals surface area contributed by atoms with Gasteiger partial charge in [0.2, 0.25) is 0 Å². The minimum Gasteiger partial charge on any atom is -0.495 e. The number of thiocarbonyl (C=S) groups is 1. The molecule has 0 radical (unpaired) electrons. The van der Waals surface area contributed by atoms with Crippen LogP contribution in [0, 0.1) is 5.82 Å². The van der Waals surface area contributed by atoms with Gasteiger partial charge in [-0.05, 0) is 37.5 Å². The molecule has 0 bridgehead atoms. The second-order valence-corrected chi connectivity index (χ2v) is 5.87. The van der Waals surface area contributed by atoms with E-state index >= 15 is 0 Å². The van der Waals surface area contributed by atoms with Crippen molar-refractivity contribution in [1.82, 2.24) is 4.90 Å². The number of carbonyl (C=O) groups excluding carboxylic acids is 1. The highest BCUT2D eigenvalue weighted by molar-refractivity contribution is 7.80. The van der Waals surface area contributed by atoms with Crippen molar-refractivity contribution in [2.75, 3.05) is 18.6 Å². The van der Waals surface area contributed by atoms with Gasteiger partial charge in [0, 0.05) is 12.6 Å². The molecule has 1 unspecified atom stereocenters. The monoisotopic (exact) mass is 328 g/mol. The van der Waals surface area contributed by atoms with Gasteiger partial charge in [0.15, 0.2) is 5.11 Å². The zero-order valence-corrected chi connectivity index (χ0v) is 13.0. The molecule has 2 aliphatic rings. The quantitative estimate of drug-likeness (QED) is 0.781. The van der Waals surface area contributed by atoms with Crippen LogP contribution in [-0.2, 0) is 4.79 Å². The molecule has 4 nitrogen and oxygen atoms in total. The van der Waals surface area contributed by atoms with E-state index in [0.717, 1.165) is 31.9 Å². The van der Waals surface area contributed by atoms with Crippen LogP contribution in [0.4, 0.5) is 10.1 Å². The fraction of sp³-hybridized carbons (Fsp3) is 0.429. The van der Waals surface area contributed by atoms with E-state index in [1.807, 2.05) is 4.90 Å². The van der Waals surface area contributed by atoms with Crippen LogP contribution in [0.15, 0.2) is 12.1 Å². The lowest BCUT2D eigenvalue weighted by molar-refractivity contribution is -0.120. The van der Waals surface area contributed by atoms with Crippen LogP contribution in [0.3, 0.4) is 0 Å². The van der Waals surface area contributed by atoms with Crippen molar-refractivity contribution in [1.29, 1.82) is 0 Å². The molecule has 2 aliphatic heterocycles. The van der Waals surface area contributed by atoms with Gasteiger partial charge in [0.25, 0.3) is 5.91 Å². The molecular weight excluding hydrogens is 315 g/mol. The van der Waals surface area contributed by atoms with Gasteiger partial charge in [-0.2, -0.15) is 0 Å². The molecule has 3 rings (SSSR count). The number of piperidine rings is 1. The Morgan fingerprint density at radius 3 is 2.86 bits per heavy atom. The van der Waals surface area contributed by atoms with Gasteiger partial charge >= 0.3 is 0 Å². The summed E-state index contributed by atoms with van der Waals surface area (Å²) in [5, 5.41) is 0.516. The zero-order valence-electron chi connectivity index (χ0n) is 11.4. The molecule has 2 fully saturated rings. The summed E-state index contributed by atoms with van der Waals surface area (Å²) < 4.78 is 19.3. The van der Waals surface area contributed by atoms with Crippen LogP contribution in [0.25, 0.3) is 0 Å². The van der Waals surface area contributed by atoms with Crippen molar-refractivity contribution < 1.29 is 13.9 Å². The number of rotatable bonds is 2. The van der Waals surface area contributed by atoms with Crippen molar-refractivity contribution in [3.8, 4) is 5.75 Å². The summed E-state index contributed by atoms with van der Waals surface area (Å²) in [6, 6.07) is 2.29. The minimum atomic E-state index is -0.587. The summed E-state index contributed by atoms with van der Waals surface area (Å²) in [6.07, 6.45) is 2.72. The minimum absolute atomic E-state index is 0.0978. The van der Waals surface area contributed by atoms with Crippen LogP contribution < -0.4 is 9.64 Å². The number of ether oxygens (including phenoxy) is 1. The molecule has 2 saturated heterocycles. The lowest BCUT2D eigenvalue weighted by Crippen LogP contribution is -2.38. The van der Waals surface area contributed by atoms with E-state index in [0.29, 0.717) is 10.9 Å². The van der Waals surface area contributed by atoms with E-state index in [9.17, 15) is 9.18 Å². The first-order chi connectivity index (χ1) is 10.0. The van der Waals surface area contributed by atoms with Gasteiger partial charge < -0.3 is 9.64 Å². The molecule has 1 aromatic carbocycles. The van der Waals surface area contributed by atoms with E-state index in [4.69, 9.17) is 28.6 Å². The highest BCUT2D eigenvalue weighted by Gasteiger charge is 2.44. The maximum Gasteiger partial charge on any atom is 0.256 e. The number of methoxy groups -OCH3 is 1. The summed E-state index contributed by atoms with van der Waals surface area (Å²) >= 11 is 11.3. The summed E-state index contributed by atoms with van der Waals surface area (Å²) in [4.78, 5) is 15.7. The third kappa shape index (κ3) is 2.26. The summed E-state index contributed by atoms with van der Waals surface area (Å²) in [6.45, 7) is 0.734. The van der Waals surface area contributed by atoms with Crippen molar-refractivity contribution in [3.63, 3.8) is 0 Å². The number of amides is 1. The van der Waals surface area contributed by atoms with Crippen LogP contribution in [-0.4, -0.2) is 35.6 Å². The number of hydrogen-bond acceptors (Lipinski definition) is 3. The Morgan fingerprint density at radius 2 is 2.19 bits per heavy atom. The van der Waals surface area contributed by atoms with Gasteiger partial charge in [0.1, 0.15) is 17.6 Å². The van der Waals surface area contributed by atoms with Crippen molar-refractivity contribution in [2.45, 2.75) is 25.3 Å². The molecule has 1 atom stereocenters. The Kier molecular flexibility index (Phi) is 3.75. The molecule has 21 heavy (non-hydrogen) atoms. The van der Waals surface area contributed by atoms with Crippen molar-refractivity contribution in [2.24, 2.45) is 0 Å². The van der Waals surface area contributed by atoms with E-state index in [2.05, 4.69) is 0 Å². The van der Waals surface area contributed by atoms with E-state index in [1.54, 1.807) is 0 Å². The third-order valence-electron chi connectivity index (χ3n) is 3.91. The molecule has 2 heterocycles. The van der Waals surface area contributed by atoms with Crippen molar-refractivity contribution in [3.05, 3.63) is 23.0 Å². The number of hydrogen-bond donors (Lipinski definition) is 0. The first kappa shape index (κ1) is 14.5. The number of nitrogens with zero attached hydrogens (tertiary/aromatic N) is 2. The standard InChI is InChI=1S/C14H14ClFN2O2S/c1-20-12-7-11(9(16)6-8(12)15)18-13(19)10-4-2-3-5-17(10)14(18)21/h6-7,10H,2-5H2,1H3. The molecule has 0 aliphatic carbocycles. The van der Waals surface area contributed by atoms with Gasteiger partial charge in [-0.15, -0.1) is 0 Å². The SMILES string of the molecule is COc1cc(N2C(=O)C3CCCCN3C2=S)c(F)cc1Cl. The Balaban J connectivity index is 2.04. The second kappa shape index (κ2) is 5.42.